The lowest BCUT2D eigenvalue weighted by atomic mass is 9.91. The maximum atomic E-state index is 4.37. The van der Waals surface area contributed by atoms with Gasteiger partial charge in [0.2, 0.25) is 0 Å². The molecule has 1 fully saturated rings. The summed E-state index contributed by atoms with van der Waals surface area (Å²) in [4.78, 5) is 11.0. The Morgan fingerprint density at radius 3 is 2.79 bits per heavy atom. The summed E-state index contributed by atoms with van der Waals surface area (Å²) in [5.41, 5.74) is 7.41. The van der Waals surface area contributed by atoms with Crippen molar-refractivity contribution in [1.29, 1.82) is 0 Å². The van der Waals surface area contributed by atoms with E-state index in [-0.39, 0.29) is 0 Å². The number of thiophene rings is 1. The van der Waals surface area contributed by atoms with Gasteiger partial charge in [-0.2, -0.15) is 5.10 Å². The minimum absolute atomic E-state index is 0.450. The van der Waals surface area contributed by atoms with Crippen molar-refractivity contribution in [3.63, 3.8) is 0 Å². The summed E-state index contributed by atoms with van der Waals surface area (Å²) in [5.74, 6) is 1.27. The lowest BCUT2D eigenvalue weighted by Crippen LogP contribution is -2.28. The first-order chi connectivity index (χ1) is 14.0. The zero-order valence-electron chi connectivity index (χ0n) is 17.7. The zero-order chi connectivity index (χ0) is 20.1. The number of pyridine rings is 1. The van der Waals surface area contributed by atoms with Crippen LogP contribution in [0.2, 0.25) is 0 Å². The molecule has 29 heavy (non-hydrogen) atoms. The number of hydrogen-bond acceptors (Lipinski definition) is 4. The van der Waals surface area contributed by atoms with E-state index in [0.717, 1.165) is 17.1 Å². The summed E-state index contributed by atoms with van der Waals surface area (Å²) in [6.07, 6.45) is 7.54. The number of H-pyrrole nitrogens is 1. The summed E-state index contributed by atoms with van der Waals surface area (Å²) in [7, 11) is 0. The van der Waals surface area contributed by atoms with Crippen LogP contribution < -0.4 is 5.32 Å². The zero-order valence-corrected chi connectivity index (χ0v) is 18.5. The third-order valence-electron chi connectivity index (χ3n) is 6.38. The Labute approximate surface area is 175 Å². The average Bonchev–Trinajstić information content (AvgIpc) is 3.38. The van der Waals surface area contributed by atoms with Crippen LogP contribution in [0.4, 0.5) is 0 Å². The SMILES string of the molecule is Cc1c(CC2CCNCC2)sc2[nH]c(-c3cc(C)c4ncnn4c3)c(C(C)C)c12. The molecule has 2 N–H and O–H groups in total. The average molecular weight is 408 g/mol. The molecule has 0 aromatic carbocycles. The lowest BCUT2D eigenvalue weighted by Gasteiger charge is -2.22. The second-order valence-electron chi connectivity index (χ2n) is 8.76. The number of aromatic amines is 1. The predicted molar refractivity (Wildman–Crippen MR) is 121 cm³/mol. The Kier molecular flexibility index (Phi) is 4.71. The Hall–Kier alpha value is -2.18. The first-order valence-corrected chi connectivity index (χ1v) is 11.5. The van der Waals surface area contributed by atoms with E-state index in [9.17, 15) is 0 Å². The topological polar surface area (TPSA) is 58.0 Å². The number of piperidine rings is 1. The van der Waals surface area contributed by atoms with Crippen LogP contribution in [0.25, 0.3) is 27.1 Å². The van der Waals surface area contributed by atoms with Crippen molar-refractivity contribution in [3.8, 4) is 11.3 Å². The summed E-state index contributed by atoms with van der Waals surface area (Å²) in [5, 5.41) is 9.30. The van der Waals surface area contributed by atoms with Crippen molar-refractivity contribution in [1.82, 2.24) is 24.9 Å². The minimum Gasteiger partial charge on any atom is -0.346 e. The van der Waals surface area contributed by atoms with Gasteiger partial charge in [-0.15, -0.1) is 11.3 Å². The molecule has 1 aliphatic heterocycles. The van der Waals surface area contributed by atoms with Crippen molar-refractivity contribution in [2.75, 3.05) is 13.1 Å². The van der Waals surface area contributed by atoms with Gasteiger partial charge in [-0.05, 0) is 80.8 Å². The van der Waals surface area contributed by atoms with Crippen molar-refractivity contribution in [2.45, 2.75) is 52.9 Å². The number of hydrogen-bond donors (Lipinski definition) is 2. The highest BCUT2D eigenvalue weighted by Gasteiger charge is 2.24. The van der Waals surface area contributed by atoms with E-state index in [1.165, 1.54) is 65.0 Å². The monoisotopic (exact) mass is 407 g/mol. The highest BCUT2D eigenvalue weighted by molar-refractivity contribution is 7.19. The molecule has 0 radical (unpaired) electrons. The minimum atomic E-state index is 0.450. The Bertz CT molecular complexity index is 1170. The molecule has 6 heteroatoms. The largest absolute Gasteiger partial charge is 0.346 e. The van der Waals surface area contributed by atoms with E-state index in [1.54, 1.807) is 11.2 Å². The standard InChI is InChI=1S/C23H29N5S/c1-13(2)19-20-15(4)18(10-16-5-7-24-8-6-16)29-23(20)27-21(19)17-9-14(3)22-25-12-26-28(22)11-17/h9,11-13,16,24,27H,5-8,10H2,1-4H3. The third kappa shape index (κ3) is 3.19. The van der Waals surface area contributed by atoms with Crippen LogP contribution in [0.1, 0.15) is 54.2 Å². The number of nitrogens with zero attached hydrogens (tertiary/aromatic N) is 3. The van der Waals surface area contributed by atoms with Gasteiger partial charge in [-0.3, -0.25) is 0 Å². The molecular weight excluding hydrogens is 378 g/mol. The molecule has 1 aliphatic rings. The van der Waals surface area contributed by atoms with Gasteiger partial charge in [0.15, 0.2) is 5.65 Å². The fourth-order valence-electron chi connectivity index (χ4n) is 4.86. The lowest BCUT2D eigenvalue weighted by molar-refractivity contribution is 0.374. The van der Waals surface area contributed by atoms with Gasteiger partial charge < -0.3 is 10.3 Å². The first kappa shape index (κ1) is 18.8. The second-order valence-corrected chi connectivity index (χ2v) is 9.87. The summed E-state index contributed by atoms with van der Waals surface area (Å²) < 4.78 is 1.89. The maximum Gasteiger partial charge on any atom is 0.158 e. The Morgan fingerprint density at radius 2 is 2.03 bits per heavy atom. The van der Waals surface area contributed by atoms with Crippen LogP contribution in [0.3, 0.4) is 0 Å². The fraction of sp³-hybridized carbons (Fsp3) is 0.478. The summed E-state index contributed by atoms with van der Waals surface area (Å²) >= 11 is 1.96. The summed E-state index contributed by atoms with van der Waals surface area (Å²) in [6, 6.07) is 2.23. The molecular formula is C23H29N5S. The third-order valence-corrected chi connectivity index (χ3v) is 7.61. The number of aromatic nitrogens is 4. The highest BCUT2D eigenvalue weighted by Crippen LogP contribution is 2.43. The molecule has 0 spiro atoms. The molecule has 4 aromatic rings. The van der Waals surface area contributed by atoms with Crippen LogP contribution in [0, 0.1) is 19.8 Å². The normalized spacial score (nSPS) is 15.9. The molecule has 0 aliphatic carbocycles. The highest BCUT2D eigenvalue weighted by atomic mass is 32.1. The van der Waals surface area contributed by atoms with Gasteiger partial charge >= 0.3 is 0 Å². The predicted octanol–water partition coefficient (Wildman–Crippen LogP) is 5.22. The maximum absolute atomic E-state index is 4.37. The van der Waals surface area contributed by atoms with Crippen LogP contribution in [0.15, 0.2) is 18.6 Å². The second kappa shape index (κ2) is 7.26. The van der Waals surface area contributed by atoms with E-state index in [4.69, 9.17) is 0 Å². The molecule has 1 saturated heterocycles. The first-order valence-electron chi connectivity index (χ1n) is 10.7. The molecule has 5 nitrogen and oxygen atoms in total. The van der Waals surface area contributed by atoms with Gasteiger partial charge in [0.05, 0.1) is 5.69 Å². The molecule has 0 atom stereocenters. The molecule has 4 aromatic heterocycles. The van der Waals surface area contributed by atoms with Crippen LogP contribution in [0.5, 0.6) is 0 Å². The van der Waals surface area contributed by atoms with Gasteiger partial charge in [-0.1, -0.05) is 13.8 Å². The van der Waals surface area contributed by atoms with E-state index < -0.39 is 0 Å². The summed E-state index contributed by atoms with van der Waals surface area (Å²) in [6.45, 7) is 11.4. The number of nitrogens with one attached hydrogen (secondary N) is 2. The molecule has 5 rings (SSSR count). The number of aryl methyl sites for hydroxylation is 2. The quantitative estimate of drug-likeness (QED) is 0.487. The van der Waals surface area contributed by atoms with Crippen molar-refractivity contribution < 1.29 is 0 Å². The molecule has 0 saturated carbocycles. The van der Waals surface area contributed by atoms with E-state index in [0.29, 0.717) is 5.92 Å². The van der Waals surface area contributed by atoms with Gasteiger partial charge in [0.1, 0.15) is 11.2 Å². The van der Waals surface area contributed by atoms with E-state index >= 15 is 0 Å². The van der Waals surface area contributed by atoms with Crippen molar-refractivity contribution >= 4 is 27.2 Å². The molecule has 0 bridgehead atoms. The van der Waals surface area contributed by atoms with Gasteiger partial charge in [0.25, 0.3) is 0 Å². The fourth-order valence-corrected chi connectivity index (χ4v) is 6.20. The van der Waals surface area contributed by atoms with Gasteiger partial charge in [-0.25, -0.2) is 9.50 Å². The molecule has 152 valence electrons. The van der Waals surface area contributed by atoms with Crippen LogP contribution in [-0.4, -0.2) is 32.7 Å². The van der Waals surface area contributed by atoms with E-state index in [1.807, 2.05) is 15.9 Å². The molecule has 0 unspecified atom stereocenters. The number of rotatable bonds is 4. The van der Waals surface area contributed by atoms with Crippen LogP contribution in [-0.2, 0) is 6.42 Å². The van der Waals surface area contributed by atoms with E-state index in [2.05, 4.69) is 60.3 Å². The molecule has 0 amide bonds. The number of fused-ring (bicyclic) bond motifs is 2. The smallest absolute Gasteiger partial charge is 0.158 e. The van der Waals surface area contributed by atoms with Gasteiger partial charge in [0, 0.05) is 22.0 Å². The van der Waals surface area contributed by atoms with Crippen molar-refractivity contribution in [3.05, 3.63) is 40.2 Å². The molecule has 5 heterocycles. The Balaban J connectivity index is 1.61. The van der Waals surface area contributed by atoms with Crippen LogP contribution >= 0.6 is 11.3 Å². The Morgan fingerprint density at radius 1 is 1.24 bits per heavy atom. The van der Waals surface area contributed by atoms with Crippen molar-refractivity contribution in [2.24, 2.45) is 5.92 Å².